The van der Waals surface area contributed by atoms with E-state index in [0.717, 1.165) is 20.8 Å². The van der Waals surface area contributed by atoms with Crippen molar-refractivity contribution in [3.8, 4) is 0 Å². The number of rotatable bonds is 7. The first-order chi connectivity index (χ1) is 18.2. The molecule has 11 nitrogen and oxygen atoms in total. The lowest BCUT2D eigenvalue weighted by atomic mass is 10.1. The lowest BCUT2D eigenvalue weighted by Crippen LogP contribution is -2.65. The van der Waals surface area contributed by atoms with Crippen molar-refractivity contribution in [2.24, 2.45) is 0 Å². The molecule has 3 aromatic rings. The maximum atomic E-state index is 13.4. The van der Waals surface area contributed by atoms with Crippen molar-refractivity contribution in [2.75, 3.05) is 57.3 Å². The standard InChI is InChI=1S/C25H27ClN6O5S/c26-21-3-1-20-16-23(4-2-19(20)15-21)38(36,37)30-13-14-31(24(33)17-30)32(18-25(34)35)29-11-9-28(10-12-29)22-5-7-27-8-6-22/h1-8,15-16H,9-14,17-18H2,(H,34,35). The normalized spacial score (nSPS) is 17.9. The monoisotopic (exact) mass is 558 g/mol. The predicted octanol–water partition coefficient (Wildman–Crippen LogP) is 1.76. The van der Waals surface area contributed by atoms with Crippen LogP contribution in [0.2, 0.25) is 5.02 Å². The Morgan fingerprint density at radius 1 is 0.947 bits per heavy atom. The first-order valence-corrected chi connectivity index (χ1v) is 13.9. The molecular weight excluding hydrogens is 532 g/mol. The summed E-state index contributed by atoms with van der Waals surface area (Å²) in [5, 5.41) is 16.3. The lowest BCUT2D eigenvalue weighted by molar-refractivity contribution is -0.207. The molecule has 2 saturated heterocycles. The van der Waals surface area contributed by atoms with Gasteiger partial charge >= 0.3 is 5.97 Å². The number of carboxylic acid groups (broad SMARTS) is 1. The van der Waals surface area contributed by atoms with E-state index in [1.165, 1.54) is 16.2 Å². The minimum absolute atomic E-state index is 0.0408. The molecule has 13 heteroatoms. The topological polar surface area (TPSA) is 118 Å². The molecule has 0 bridgehead atoms. The zero-order valence-corrected chi connectivity index (χ0v) is 22.1. The van der Waals surface area contributed by atoms with E-state index in [1.54, 1.807) is 42.7 Å². The number of anilines is 1. The zero-order chi connectivity index (χ0) is 26.9. The third-order valence-electron chi connectivity index (χ3n) is 6.74. The molecule has 2 aliphatic heterocycles. The van der Waals surface area contributed by atoms with Crippen molar-refractivity contribution in [3.63, 3.8) is 0 Å². The van der Waals surface area contributed by atoms with Crippen LogP contribution in [0.4, 0.5) is 5.69 Å². The van der Waals surface area contributed by atoms with E-state index in [2.05, 4.69) is 9.88 Å². The number of aliphatic carboxylic acids is 1. The average molecular weight is 559 g/mol. The number of carbonyl (C=O) groups is 2. The van der Waals surface area contributed by atoms with E-state index >= 15 is 0 Å². The van der Waals surface area contributed by atoms with Crippen molar-refractivity contribution in [3.05, 3.63) is 65.9 Å². The Kier molecular flexibility index (Phi) is 7.50. The van der Waals surface area contributed by atoms with Crippen LogP contribution in [0.15, 0.2) is 65.8 Å². The van der Waals surface area contributed by atoms with Gasteiger partial charge in [-0.2, -0.15) is 4.31 Å². The number of benzene rings is 2. The number of pyridine rings is 1. The van der Waals surface area contributed by atoms with Gasteiger partial charge < -0.3 is 10.0 Å². The summed E-state index contributed by atoms with van der Waals surface area (Å²) in [5.41, 5.74) is 1.02. The Labute approximate surface area is 225 Å². The van der Waals surface area contributed by atoms with E-state index in [4.69, 9.17) is 11.6 Å². The summed E-state index contributed by atoms with van der Waals surface area (Å²) in [5.74, 6) is -1.56. The van der Waals surface area contributed by atoms with Gasteiger partial charge in [-0.3, -0.25) is 19.6 Å². The molecule has 200 valence electrons. The summed E-state index contributed by atoms with van der Waals surface area (Å²) in [6.07, 6.45) is 3.44. The van der Waals surface area contributed by atoms with Gasteiger partial charge in [0.2, 0.25) is 10.0 Å². The molecule has 0 atom stereocenters. The molecular formula is C25H27ClN6O5S. The number of hydrogen-bond donors (Lipinski definition) is 1. The number of carbonyl (C=O) groups excluding carboxylic acids is 1. The van der Waals surface area contributed by atoms with Crippen LogP contribution in [0.3, 0.4) is 0 Å². The molecule has 2 aromatic carbocycles. The molecule has 0 spiro atoms. The molecule has 1 N–H and O–H groups in total. The fraction of sp³-hybridized carbons (Fsp3) is 0.320. The van der Waals surface area contributed by atoms with Crippen LogP contribution in [0.5, 0.6) is 0 Å². The van der Waals surface area contributed by atoms with Gasteiger partial charge in [0.05, 0.1) is 18.0 Å². The molecule has 0 radical (unpaired) electrons. The fourth-order valence-corrected chi connectivity index (χ4v) is 6.39. The molecule has 38 heavy (non-hydrogen) atoms. The number of sulfonamides is 1. The lowest BCUT2D eigenvalue weighted by Gasteiger charge is -2.47. The van der Waals surface area contributed by atoms with Crippen molar-refractivity contribution in [2.45, 2.75) is 4.90 Å². The van der Waals surface area contributed by atoms with Gasteiger partial charge in [-0.15, -0.1) is 5.12 Å². The minimum Gasteiger partial charge on any atom is -0.480 e. The highest BCUT2D eigenvalue weighted by Crippen LogP contribution is 2.26. The van der Waals surface area contributed by atoms with Gasteiger partial charge in [-0.1, -0.05) is 23.7 Å². The Morgan fingerprint density at radius 2 is 1.63 bits per heavy atom. The second kappa shape index (κ2) is 10.8. The molecule has 1 aromatic heterocycles. The van der Waals surface area contributed by atoms with Crippen LogP contribution in [-0.2, 0) is 19.6 Å². The predicted molar refractivity (Wildman–Crippen MR) is 142 cm³/mol. The molecule has 3 heterocycles. The number of fused-ring (bicyclic) bond motifs is 1. The molecule has 2 aliphatic rings. The molecule has 0 saturated carbocycles. The van der Waals surface area contributed by atoms with Crippen LogP contribution in [-0.4, -0.2) is 102 Å². The van der Waals surface area contributed by atoms with E-state index in [1.807, 2.05) is 17.1 Å². The third-order valence-corrected chi connectivity index (χ3v) is 8.81. The summed E-state index contributed by atoms with van der Waals surface area (Å²) in [7, 11) is -3.94. The van der Waals surface area contributed by atoms with Crippen molar-refractivity contribution in [1.29, 1.82) is 0 Å². The van der Waals surface area contributed by atoms with Gasteiger partial charge in [-0.25, -0.2) is 13.4 Å². The highest BCUT2D eigenvalue weighted by atomic mass is 35.5. The summed E-state index contributed by atoms with van der Waals surface area (Å²) in [6.45, 7) is 1.57. The fourth-order valence-electron chi connectivity index (χ4n) is 4.79. The Bertz CT molecular complexity index is 1450. The van der Waals surface area contributed by atoms with E-state index in [9.17, 15) is 23.1 Å². The van der Waals surface area contributed by atoms with E-state index in [0.29, 0.717) is 31.2 Å². The number of amides is 1. The zero-order valence-electron chi connectivity index (χ0n) is 20.5. The number of carboxylic acids is 1. The molecule has 1 amide bonds. The Hall–Kier alpha value is -3.29. The van der Waals surface area contributed by atoms with Crippen LogP contribution < -0.4 is 4.90 Å². The van der Waals surface area contributed by atoms with Crippen molar-refractivity contribution >= 4 is 50.0 Å². The maximum Gasteiger partial charge on any atom is 0.321 e. The minimum atomic E-state index is -3.94. The number of halogens is 1. The summed E-state index contributed by atoms with van der Waals surface area (Å²) < 4.78 is 27.9. The van der Waals surface area contributed by atoms with Crippen LogP contribution in [0.25, 0.3) is 10.8 Å². The number of hydrogen-bond acceptors (Lipinski definition) is 8. The first-order valence-electron chi connectivity index (χ1n) is 12.1. The number of aromatic nitrogens is 1. The van der Waals surface area contributed by atoms with Gasteiger partial charge in [0.25, 0.3) is 5.91 Å². The SMILES string of the molecule is O=C(O)CN(N1CCN(c2ccncc2)CC1)N1CCN(S(=O)(=O)c2ccc3cc(Cl)ccc3c2)CC1=O. The third kappa shape index (κ3) is 5.45. The second-order valence-electron chi connectivity index (χ2n) is 9.08. The van der Waals surface area contributed by atoms with Crippen LogP contribution in [0.1, 0.15) is 0 Å². The largest absolute Gasteiger partial charge is 0.480 e. The summed E-state index contributed by atoms with van der Waals surface area (Å²) in [6, 6.07) is 13.8. The van der Waals surface area contributed by atoms with Crippen molar-refractivity contribution < 1.29 is 23.1 Å². The molecule has 5 rings (SSSR count). The van der Waals surface area contributed by atoms with Crippen molar-refractivity contribution in [1.82, 2.24) is 24.4 Å². The van der Waals surface area contributed by atoms with Crippen LogP contribution >= 0.6 is 11.6 Å². The number of nitrogens with zero attached hydrogens (tertiary/aromatic N) is 6. The van der Waals surface area contributed by atoms with E-state index in [-0.39, 0.29) is 24.5 Å². The summed E-state index contributed by atoms with van der Waals surface area (Å²) >= 11 is 6.03. The quantitative estimate of drug-likeness (QED) is 0.463. The molecule has 0 aliphatic carbocycles. The Balaban J connectivity index is 1.29. The van der Waals surface area contributed by atoms with Gasteiger partial charge in [0.15, 0.2) is 0 Å². The Morgan fingerprint density at radius 3 is 2.32 bits per heavy atom. The van der Waals surface area contributed by atoms with Gasteiger partial charge in [-0.05, 0) is 47.2 Å². The summed E-state index contributed by atoms with van der Waals surface area (Å²) in [4.78, 5) is 31.2. The molecule has 0 unspecified atom stereocenters. The smallest absolute Gasteiger partial charge is 0.321 e. The highest BCUT2D eigenvalue weighted by molar-refractivity contribution is 7.89. The average Bonchev–Trinajstić information content (AvgIpc) is 2.92. The second-order valence-corrected chi connectivity index (χ2v) is 11.5. The highest BCUT2D eigenvalue weighted by Gasteiger charge is 2.38. The van der Waals surface area contributed by atoms with Gasteiger partial charge in [0.1, 0.15) is 6.54 Å². The first kappa shape index (κ1) is 26.3. The number of piperazine rings is 2. The van der Waals surface area contributed by atoms with Gasteiger partial charge in [0, 0.05) is 55.8 Å². The maximum absolute atomic E-state index is 13.4. The molecule has 2 fully saturated rings. The van der Waals surface area contributed by atoms with E-state index < -0.39 is 28.4 Å². The van der Waals surface area contributed by atoms with Crippen LogP contribution in [0, 0.1) is 0 Å². The number of hydrazine groups is 2.